The molecule has 2 aromatic carbocycles. The third-order valence-electron chi connectivity index (χ3n) is 8.17. The lowest BCUT2D eigenvalue weighted by Crippen LogP contribution is -2.61. The number of quaternary nitrogens is 1. The van der Waals surface area contributed by atoms with Crippen molar-refractivity contribution in [2.45, 2.75) is 0 Å². The zero-order valence-corrected chi connectivity index (χ0v) is 27.3. The van der Waals surface area contributed by atoms with Crippen molar-refractivity contribution in [1.29, 1.82) is 0 Å². The van der Waals surface area contributed by atoms with Crippen molar-refractivity contribution >= 4 is 40.9 Å². The minimum atomic E-state index is -0.530. The highest BCUT2D eigenvalue weighted by molar-refractivity contribution is 6.34. The third kappa shape index (κ3) is 7.00. The Balaban J connectivity index is 1.14. The number of nitrogens with one attached hydrogen (secondary N) is 1. The molecule has 5 rings (SSSR count). The molecule has 12 nitrogen and oxygen atoms in total. The molecule has 2 aliphatic heterocycles. The van der Waals surface area contributed by atoms with Gasteiger partial charge in [0.25, 0.3) is 17.7 Å². The molecule has 0 bridgehead atoms. The van der Waals surface area contributed by atoms with E-state index in [0.29, 0.717) is 67.2 Å². The lowest BCUT2D eigenvalue weighted by Gasteiger charge is -2.43. The maximum Gasteiger partial charge on any atom is 0.291 e. The molecule has 14 heteroatoms. The zero-order chi connectivity index (χ0) is 33.3. The highest BCUT2D eigenvalue weighted by atomic mass is 35.5. The molecule has 1 N–H and O–H groups in total. The number of nitrogens with zero attached hydrogens (tertiary/aromatic N) is 6. The number of imidazole rings is 1. The number of aromatic nitrogens is 2. The minimum absolute atomic E-state index is 0.00974. The maximum absolute atomic E-state index is 14.2. The van der Waals surface area contributed by atoms with E-state index >= 15 is 0 Å². The number of likely N-dealkylation sites (tertiary alicyclic amines) is 1. The zero-order valence-electron chi connectivity index (χ0n) is 26.5. The van der Waals surface area contributed by atoms with E-state index in [1.165, 1.54) is 31.5 Å². The highest BCUT2D eigenvalue weighted by Crippen LogP contribution is 2.27. The largest absolute Gasteiger partial charge is 0.494 e. The molecule has 0 spiro atoms. The highest BCUT2D eigenvalue weighted by Gasteiger charge is 2.40. The van der Waals surface area contributed by atoms with Gasteiger partial charge in [0, 0.05) is 57.6 Å². The number of hydrogen-bond donors (Lipinski definition) is 1. The molecule has 46 heavy (non-hydrogen) atoms. The van der Waals surface area contributed by atoms with Gasteiger partial charge >= 0.3 is 0 Å². The number of amides is 4. The van der Waals surface area contributed by atoms with E-state index in [0.717, 1.165) is 0 Å². The summed E-state index contributed by atoms with van der Waals surface area (Å²) in [4.78, 5) is 61.0. The van der Waals surface area contributed by atoms with Crippen molar-refractivity contribution in [1.82, 2.24) is 24.3 Å². The number of halogens is 2. The molecule has 1 aromatic heterocycles. The van der Waals surface area contributed by atoms with Crippen LogP contribution in [-0.2, 0) is 16.6 Å². The van der Waals surface area contributed by atoms with Crippen LogP contribution < -0.4 is 10.1 Å². The fourth-order valence-electron chi connectivity index (χ4n) is 5.57. The Morgan fingerprint density at radius 2 is 1.67 bits per heavy atom. The summed E-state index contributed by atoms with van der Waals surface area (Å²) in [7, 11) is 8.89. The molecule has 0 radical (unpaired) electrons. The average Bonchev–Trinajstić information content (AvgIpc) is 3.36. The third-order valence-corrected chi connectivity index (χ3v) is 8.48. The Morgan fingerprint density at radius 1 is 1.00 bits per heavy atom. The molecule has 2 fully saturated rings. The summed E-state index contributed by atoms with van der Waals surface area (Å²) in [6.07, 6.45) is 1.48. The van der Waals surface area contributed by atoms with Gasteiger partial charge in [-0.1, -0.05) is 11.6 Å². The number of likely N-dealkylation sites (N-methyl/N-ethyl adjacent to an activating group) is 1. The first-order valence-corrected chi connectivity index (χ1v) is 15.3. The van der Waals surface area contributed by atoms with E-state index in [1.807, 2.05) is 21.1 Å². The number of carbonyl (C=O) groups excluding carboxylic acids is 4. The second-order valence-corrected chi connectivity index (χ2v) is 13.0. The number of hydrogen-bond acceptors (Lipinski definition) is 6. The molecule has 244 valence electrons. The summed E-state index contributed by atoms with van der Waals surface area (Å²) in [5.74, 6) is -1.25. The summed E-state index contributed by atoms with van der Waals surface area (Å²) in [5, 5.41) is 2.92. The van der Waals surface area contributed by atoms with Crippen molar-refractivity contribution in [3.63, 3.8) is 0 Å². The Bertz CT molecular complexity index is 1670. The van der Waals surface area contributed by atoms with Crippen molar-refractivity contribution in [3.8, 4) is 17.0 Å². The predicted octanol–water partition coefficient (Wildman–Crippen LogP) is 2.59. The van der Waals surface area contributed by atoms with Crippen LogP contribution in [0.25, 0.3) is 11.3 Å². The number of anilines is 1. The van der Waals surface area contributed by atoms with Crippen LogP contribution in [0.5, 0.6) is 5.75 Å². The molecule has 0 atom stereocenters. The quantitative estimate of drug-likeness (QED) is 0.374. The van der Waals surface area contributed by atoms with Crippen LogP contribution in [0.15, 0.2) is 42.6 Å². The number of rotatable bonds is 8. The normalized spacial score (nSPS) is 15.4. The standard InChI is InChI=1S/C32H37ClFN7O5/c1-37-26(20-6-9-27(46-5)25(34)14-20)16-35-29(37)30(43)36-22-7-8-23(24(33)15-22)32(45)39-12-10-38(11-13-39)31(44)21-17-40(18-21)28(42)19-41(2,3)4/h6-9,14-16,21H,10-13,17-19H2,1-5H3/p+1. The number of benzene rings is 2. The van der Waals surface area contributed by atoms with Crippen LogP contribution >= 0.6 is 11.6 Å². The summed E-state index contributed by atoms with van der Waals surface area (Å²) in [5.41, 5.74) is 1.72. The van der Waals surface area contributed by atoms with Gasteiger partial charge < -0.3 is 33.8 Å². The topological polar surface area (TPSA) is 117 Å². The predicted molar refractivity (Wildman–Crippen MR) is 170 cm³/mol. The minimum Gasteiger partial charge on any atom is -0.494 e. The first-order valence-electron chi connectivity index (χ1n) is 14.9. The van der Waals surface area contributed by atoms with Gasteiger partial charge in [0.2, 0.25) is 5.91 Å². The van der Waals surface area contributed by atoms with Gasteiger partial charge in [-0.05, 0) is 36.4 Å². The molecular formula is C32H38ClFN7O5+. The first kappa shape index (κ1) is 32.9. The van der Waals surface area contributed by atoms with Gasteiger partial charge in [-0.25, -0.2) is 9.37 Å². The Morgan fingerprint density at radius 3 is 2.28 bits per heavy atom. The van der Waals surface area contributed by atoms with Gasteiger partial charge in [0.1, 0.15) is 0 Å². The summed E-state index contributed by atoms with van der Waals surface area (Å²) in [6, 6.07) is 9.12. The van der Waals surface area contributed by atoms with Crippen molar-refractivity contribution < 1.29 is 32.8 Å². The van der Waals surface area contributed by atoms with Crippen LogP contribution in [0.4, 0.5) is 10.1 Å². The molecule has 0 unspecified atom stereocenters. The van der Waals surface area contributed by atoms with Crippen molar-refractivity contribution in [2.24, 2.45) is 13.0 Å². The monoisotopic (exact) mass is 654 g/mol. The van der Waals surface area contributed by atoms with Crippen LogP contribution in [0.3, 0.4) is 0 Å². The SMILES string of the molecule is COc1ccc(-c2cnc(C(=O)Nc3ccc(C(=O)N4CCN(C(=O)C5CN(C(=O)C[N+](C)(C)C)C5)CC4)c(Cl)c3)n2C)cc1F. The smallest absolute Gasteiger partial charge is 0.291 e. The fourth-order valence-corrected chi connectivity index (χ4v) is 5.83. The van der Waals surface area contributed by atoms with Gasteiger partial charge in [-0.3, -0.25) is 19.2 Å². The molecule has 3 heterocycles. The van der Waals surface area contributed by atoms with Crippen LogP contribution in [0, 0.1) is 11.7 Å². The first-order chi connectivity index (χ1) is 21.8. The molecule has 3 aromatic rings. The van der Waals surface area contributed by atoms with E-state index in [-0.39, 0.29) is 45.8 Å². The summed E-state index contributed by atoms with van der Waals surface area (Å²) >= 11 is 6.49. The summed E-state index contributed by atoms with van der Waals surface area (Å²) in [6.45, 7) is 2.75. The van der Waals surface area contributed by atoms with E-state index in [9.17, 15) is 23.6 Å². The molecular weight excluding hydrogens is 617 g/mol. The van der Waals surface area contributed by atoms with Crippen molar-refractivity contribution in [3.05, 3.63) is 64.8 Å². The Kier molecular flexibility index (Phi) is 9.36. The van der Waals surface area contributed by atoms with Gasteiger partial charge in [0.05, 0.1) is 56.6 Å². The summed E-state index contributed by atoms with van der Waals surface area (Å²) < 4.78 is 21.3. The molecule has 2 aliphatic rings. The van der Waals surface area contributed by atoms with Crippen molar-refractivity contribution in [2.75, 3.05) is 79.4 Å². The van der Waals surface area contributed by atoms with Gasteiger partial charge in [-0.2, -0.15) is 0 Å². The Labute approximate surface area is 271 Å². The van der Waals surface area contributed by atoms with E-state index < -0.39 is 11.7 Å². The van der Waals surface area contributed by atoms with Gasteiger partial charge in [0.15, 0.2) is 23.9 Å². The van der Waals surface area contributed by atoms with Gasteiger partial charge in [-0.15, -0.1) is 0 Å². The van der Waals surface area contributed by atoms with Crippen LogP contribution in [-0.4, -0.2) is 126 Å². The lowest BCUT2D eigenvalue weighted by atomic mass is 9.97. The number of methoxy groups -OCH3 is 1. The Hall–Kier alpha value is -4.49. The second kappa shape index (κ2) is 13.1. The molecule has 0 saturated carbocycles. The number of piperazine rings is 1. The fraction of sp³-hybridized carbons (Fsp3) is 0.406. The maximum atomic E-state index is 14.2. The van der Waals surface area contributed by atoms with E-state index in [1.54, 1.807) is 44.5 Å². The molecule has 4 amide bonds. The second-order valence-electron chi connectivity index (χ2n) is 12.6. The van der Waals surface area contributed by atoms with E-state index in [2.05, 4.69) is 10.3 Å². The average molecular weight is 655 g/mol. The molecule has 0 aliphatic carbocycles. The number of carbonyl (C=O) groups is 4. The molecule has 2 saturated heterocycles. The lowest BCUT2D eigenvalue weighted by molar-refractivity contribution is -0.862. The van der Waals surface area contributed by atoms with Crippen LogP contribution in [0.1, 0.15) is 21.0 Å². The van der Waals surface area contributed by atoms with E-state index in [4.69, 9.17) is 16.3 Å². The van der Waals surface area contributed by atoms with Crippen LogP contribution in [0.2, 0.25) is 5.02 Å². The number of ether oxygens (including phenoxy) is 1.